The van der Waals surface area contributed by atoms with Crippen molar-refractivity contribution >= 4 is 5.91 Å². The highest BCUT2D eigenvalue weighted by Gasteiger charge is 2.20. The summed E-state index contributed by atoms with van der Waals surface area (Å²) in [4.78, 5) is 11.8. The van der Waals surface area contributed by atoms with Crippen LogP contribution < -0.4 is 5.73 Å². The van der Waals surface area contributed by atoms with Crippen molar-refractivity contribution in [2.75, 3.05) is 0 Å². The first-order valence-corrected chi connectivity index (χ1v) is 7.57. The van der Waals surface area contributed by atoms with Crippen LogP contribution in [0.3, 0.4) is 0 Å². The Balaban J connectivity index is 2.02. The first-order chi connectivity index (χ1) is 11.1. The van der Waals surface area contributed by atoms with Crippen LogP contribution in [-0.2, 0) is 19.9 Å². The zero-order valence-electron chi connectivity index (χ0n) is 13.1. The maximum atomic E-state index is 11.8. The number of carbonyl (C=O) groups is 1. The van der Waals surface area contributed by atoms with E-state index in [-0.39, 0.29) is 0 Å². The van der Waals surface area contributed by atoms with E-state index in [9.17, 15) is 4.79 Å². The molecule has 0 fully saturated rings. The molecule has 1 aromatic heterocycles. The van der Waals surface area contributed by atoms with Crippen LogP contribution >= 0.6 is 0 Å². The van der Waals surface area contributed by atoms with Gasteiger partial charge in [-0.1, -0.05) is 60.7 Å². The van der Waals surface area contributed by atoms with E-state index in [1.807, 2.05) is 55.6 Å². The van der Waals surface area contributed by atoms with Gasteiger partial charge in [-0.2, -0.15) is 5.10 Å². The van der Waals surface area contributed by atoms with E-state index in [1.165, 1.54) is 5.56 Å². The molecule has 3 aromatic rings. The third-order valence-corrected chi connectivity index (χ3v) is 3.95. The van der Waals surface area contributed by atoms with Gasteiger partial charge in [-0.05, 0) is 11.1 Å². The highest BCUT2D eigenvalue weighted by atomic mass is 16.1. The maximum Gasteiger partial charge on any atom is 0.269 e. The third kappa shape index (κ3) is 3.31. The van der Waals surface area contributed by atoms with Gasteiger partial charge in [-0.25, -0.2) is 0 Å². The lowest BCUT2D eigenvalue weighted by Crippen LogP contribution is -2.14. The Kier molecular flexibility index (Phi) is 4.24. The number of aryl methyl sites for hydroxylation is 1. The highest BCUT2D eigenvalue weighted by Crippen LogP contribution is 2.21. The Morgan fingerprint density at radius 1 is 0.957 bits per heavy atom. The van der Waals surface area contributed by atoms with E-state index in [2.05, 4.69) is 17.2 Å². The average molecular weight is 305 g/mol. The molecule has 0 saturated heterocycles. The van der Waals surface area contributed by atoms with Crippen molar-refractivity contribution in [2.45, 2.75) is 12.8 Å². The number of nitrogens with two attached hydrogens (primary N) is 1. The number of aromatic nitrogens is 2. The van der Waals surface area contributed by atoms with Gasteiger partial charge in [0.15, 0.2) is 5.69 Å². The number of benzene rings is 2. The Morgan fingerprint density at radius 2 is 1.48 bits per heavy atom. The summed E-state index contributed by atoms with van der Waals surface area (Å²) < 4.78 is 1.77. The smallest absolute Gasteiger partial charge is 0.269 e. The molecule has 0 atom stereocenters. The zero-order valence-corrected chi connectivity index (χ0v) is 13.1. The number of nitrogens with zero attached hydrogens (tertiary/aromatic N) is 2. The molecule has 0 unspecified atom stereocenters. The second kappa shape index (κ2) is 6.48. The largest absolute Gasteiger partial charge is 0.364 e. The van der Waals surface area contributed by atoms with Crippen LogP contribution in [0.1, 0.15) is 32.9 Å². The molecule has 0 aliphatic rings. The topological polar surface area (TPSA) is 60.9 Å². The summed E-state index contributed by atoms with van der Waals surface area (Å²) in [5.41, 5.74) is 10.1. The lowest BCUT2D eigenvalue weighted by atomic mass is 9.98. The van der Waals surface area contributed by atoms with Crippen molar-refractivity contribution in [3.63, 3.8) is 0 Å². The zero-order chi connectivity index (χ0) is 16.2. The first kappa shape index (κ1) is 15.0. The normalized spacial score (nSPS) is 10.7. The van der Waals surface area contributed by atoms with Gasteiger partial charge in [0.05, 0.1) is 0 Å². The van der Waals surface area contributed by atoms with Gasteiger partial charge in [0.1, 0.15) is 0 Å². The summed E-state index contributed by atoms with van der Waals surface area (Å²) in [6.45, 7) is 0. The number of rotatable bonds is 5. The molecule has 1 amide bonds. The molecule has 116 valence electrons. The highest BCUT2D eigenvalue weighted by molar-refractivity contribution is 5.92. The fourth-order valence-corrected chi connectivity index (χ4v) is 2.80. The second-order valence-electron chi connectivity index (χ2n) is 5.59. The molecule has 0 radical (unpaired) electrons. The summed E-state index contributed by atoms with van der Waals surface area (Å²) in [6.07, 6.45) is 1.37. The standard InChI is InChI=1S/C19H19N3O/c1-22-17(13-15-10-6-3-7-11-15)16(18(21-22)19(20)23)12-14-8-4-2-5-9-14/h2-11H,12-13H2,1H3,(H2,20,23). The van der Waals surface area contributed by atoms with E-state index in [4.69, 9.17) is 5.73 Å². The Labute approximate surface area is 135 Å². The van der Waals surface area contributed by atoms with Crippen LogP contribution in [0.2, 0.25) is 0 Å². The first-order valence-electron chi connectivity index (χ1n) is 7.57. The molecule has 4 nitrogen and oxygen atoms in total. The minimum Gasteiger partial charge on any atom is -0.364 e. The number of hydrogen-bond donors (Lipinski definition) is 1. The fraction of sp³-hybridized carbons (Fsp3) is 0.158. The van der Waals surface area contributed by atoms with E-state index in [1.54, 1.807) is 4.68 Å². The molecular weight excluding hydrogens is 286 g/mol. The van der Waals surface area contributed by atoms with Crippen molar-refractivity contribution in [1.82, 2.24) is 9.78 Å². The number of hydrogen-bond acceptors (Lipinski definition) is 2. The predicted molar refractivity (Wildman–Crippen MR) is 90.2 cm³/mol. The molecule has 2 aromatic carbocycles. The van der Waals surface area contributed by atoms with Crippen LogP contribution in [-0.4, -0.2) is 15.7 Å². The van der Waals surface area contributed by atoms with Gasteiger partial charge >= 0.3 is 0 Å². The molecule has 3 rings (SSSR count). The van der Waals surface area contributed by atoms with E-state index in [0.29, 0.717) is 12.1 Å². The quantitative estimate of drug-likeness (QED) is 0.788. The van der Waals surface area contributed by atoms with Gasteiger partial charge in [-0.15, -0.1) is 0 Å². The summed E-state index contributed by atoms with van der Waals surface area (Å²) >= 11 is 0. The van der Waals surface area contributed by atoms with Gasteiger partial charge in [0.2, 0.25) is 0 Å². The molecular formula is C19H19N3O. The SMILES string of the molecule is Cn1nc(C(N)=O)c(Cc2ccccc2)c1Cc1ccccc1. The molecule has 0 aliphatic heterocycles. The summed E-state index contributed by atoms with van der Waals surface area (Å²) in [6, 6.07) is 20.2. The molecule has 4 heteroatoms. The van der Waals surface area contributed by atoms with Crippen molar-refractivity contribution in [1.29, 1.82) is 0 Å². The van der Waals surface area contributed by atoms with E-state index in [0.717, 1.165) is 23.2 Å². The van der Waals surface area contributed by atoms with Crippen LogP contribution in [0.4, 0.5) is 0 Å². The molecule has 1 heterocycles. The second-order valence-corrected chi connectivity index (χ2v) is 5.59. The predicted octanol–water partition coefficient (Wildman–Crippen LogP) is 2.70. The van der Waals surface area contributed by atoms with Crippen LogP contribution in [0.5, 0.6) is 0 Å². The average Bonchev–Trinajstić information content (AvgIpc) is 2.86. The Hall–Kier alpha value is -2.88. The summed E-state index contributed by atoms with van der Waals surface area (Å²) in [5.74, 6) is -0.481. The van der Waals surface area contributed by atoms with Crippen LogP contribution in [0, 0.1) is 0 Å². The van der Waals surface area contributed by atoms with E-state index >= 15 is 0 Å². The van der Waals surface area contributed by atoms with Gasteiger partial charge < -0.3 is 5.73 Å². The van der Waals surface area contributed by atoms with Crippen LogP contribution in [0.15, 0.2) is 60.7 Å². The molecule has 0 saturated carbocycles. The number of amides is 1. The Morgan fingerprint density at radius 3 is 2.00 bits per heavy atom. The molecule has 0 bridgehead atoms. The minimum absolute atomic E-state index is 0.363. The number of primary amides is 1. The molecule has 2 N–H and O–H groups in total. The summed E-state index contributed by atoms with van der Waals surface area (Å²) in [7, 11) is 1.86. The third-order valence-electron chi connectivity index (χ3n) is 3.95. The number of carbonyl (C=O) groups excluding carboxylic acids is 1. The molecule has 23 heavy (non-hydrogen) atoms. The summed E-state index contributed by atoms with van der Waals surface area (Å²) in [5, 5.41) is 4.34. The molecule has 0 aliphatic carbocycles. The Bertz CT molecular complexity index is 807. The van der Waals surface area contributed by atoms with Crippen molar-refractivity contribution in [2.24, 2.45) is 12.8 Å². The lowest BCUT2D eigenvalue weighted by Gasteiger charge is -2.07. The van der Waals surface area contributed by atoms with E-state index < -0.39 is 5.91 Å². The van der Waals surface area contributed by atoms with Gasteiger partial charge in [-0.3, -0.25) is 9.48 Å². The van der Waals surface area contributed by atoms with Crippen molar-refractivity contribution in [3.8, 4) is 0 Å². The minimum atomic E-state index is -0.481. The van der Waals surface area contributed by atoms with Crippen LogP contribution in [0.25, 0.3) is 0 Å². The molecule has 0 spiro atoms. The maximum absolute atomic E-state index is 11.8. The van der Waals surface area contributed by atoms with Gasteiger partial charge in [0.25, 0.3) is 5.91 Å². The van der Waals surface area contributed by atoms with Gasteiger partial charge in [0, 0.05) is 31.1 Å². The monoisotopic (exact) mass is 305 g/mol. The van der Waals surface area contributed by atoms with Crippen molar-refractivity contribution < 1.29 is 4.79 Å². The lowest BCUT2D eigenvalue weighted by molar-refractivity contribution is 0.0994. The fourth-order valence-electron chi connectivity index (χ4n) is 2.80. The van der Waals surface area contributed by atoms with Crippen molar-refractivity contribution in [3.05, 3.63) is 88.7 Å².